The molecule has 0 radical (unpaired) electrons. The molecule has 48 valence electrons. The first-order chi connectivity index (χ1) is 3.50. The van der Waals surface area contributed by atoms with Crippen LogP contribution in [-0.4, -0.2) is 21.8 Å². The Balaban J connectivity index is 3.91. The van der Waals surface area contributed by atoms with Crippen LogP contribution in [0.1, 0.15) is 13.8 Å². The predicted octanol–water partition coefficient (Wildman–Crippen LogP) is -0.172. The van der Waals surface area contributed by atoms with Gasteiger partial charge in [0.25, 0.3) is 0 Å². The second kappa shape index (κ2) is 2.11. The van der Waals surface area contributed by atoms with Gasteiger partial charge in [-0.05, 0) is 13.8 Å². The summed E-state index contributed by atoms with van der Waals surface area (Å²) < 4.78 is 0. The van der Waals surface area contributed by atoms with Crippen LogP contribution in [0.4, 0.5) is 0 Å². The molecule has 0 saturated carbocycles. The average molecular weight is 119 g/mol. The molecule has 0 aromatic rings. The van der Waals surface area contributed by atoms with E-state index in [1.807, 2.05) is 0 Å². The number of aliphatic carboxylic acids is 1. The van der Waals surface area contributed by atoms with Gasteiger partial charge >= 0.3 is 5.97 Å². The smallest absolute Gasteiger partial charge is 0.325 e. The number of hydroxylamine groups is 1. The van der Waals surface area contributed by atoms with Gasteiger partial charge in [-0.2, -0.15) is 5.48 Å². The molecule has 0 aromatic carbocycles. The second-order valence-electron chi connectivity index (χ2n) is 2.04. The number of hydrogen-bond donors (Lipinski definition) is 3. The summed E-state index contributed by atoms with van der Waals surface area (Å²) in [5, 5.41) is 16.4. The largest absolute Gasteiger partial charge is 0.480 e. The van der Waals surface area contributed by atoms with E-state index in [0.717, 1.165) is 0 Å². The van der Waals surface area contributed by atoms with Crippen molar-refractivity contribution in [1.82, 2.24) is 5.48 Å². The van der Waals surface area contributed by atoms with Crippen molar-refractivity contribution in [2.75, 3.05) is 0 Å². The standard InChI is InChI=1S/C4H9NO3/c1-4(2,5-8)3(6)7/h5,8H,1-2H3,(H,6,7). The summed E-state index contributed by atoms with van der Waals surface area (Å²) in [5.74, 6) is -1.08. The lowest BCUT2D eigenvalue weighted by molar-refractivity contribution is -0.147. The van der Waals surface area contributed by atoms with Gasteiger partial charge in [-0.1, -0.05) is 0 Å². The van der Waals surface area contributed by atoms with E-state index in [4.69, 9.17) is 10.3 Å². The van der Waals surface area contributed by atoms with Crippen LogP contribution >= 0.6 is 0 Å². The number of carboxylic acids is 1. The van der Waals surface area contributed by atoms with Gasteiger partial charge in [-0.3, -0.25) is 4.79 Å². The van der Waals surface area contributed by atoms with Crippen LogP contribution in [0.25, 0.3) is 0 Å². The molecular weight excluding hydrogens is 110 g/mol. The topological polar surface area (TPSA) is 69.6 Å². The Hall–Kier alpha value is -0.610. The van der Waals surface area contributed by atoms with E-state index in [1.165, 1.54) is 13.8 Å². The third-order valence-electron chi connectivity index (χ3n) is 0.814. The number of carbonyl (C=O) groups is 1. The molecule has 4 nitrogen and oxygen atoms in total. The van der Waals surface area contributed by atoms with E-state index in [0.29, 0.717) is 0 Å². The van der Waals surface area contributed by atoms with Gasteiger partial charge in [0.15, 0.2) is 0 Å². The Kier molecular flexibility index (Phi) is 1.94. The number of hydrogen-bond acceptors (Lipinski definition) is 3. The number of carboxylic acid groups (broad SMARTS) is 1. The fourth-order valence-electron chi connectivity index (χ4n) is 0.0478. The van der Waals surface area contributed by atoms with Crippen molar-refractivity contribution in [1.29, 1.82) is 0 Å². The van der Waals surface area contributed by atoms with Crippen LogP contribution in [0.2, 0.25) is 0 Å². The van der Waals surface area contributed by atoms with Crippen molar-refractivity contribution in [3.05, 3.63) is 0 Å². The fourth-order valence-corrected chi connectivity index (χ4v) is 0.0478. The predicted molar refractivity (Wildman–Crippen MR) is 26.6 cm³/mol. The summed E-state index contributed by atoms with van der Waals surface area (Å²) in [6.45, 7) is 2.71. The van der Waals surface area contributed by atoms with Crippen molar-refractivity contribution in [3.8, 4) is 0 Å². The molecule has 0 aliphatic rings. The highest BCUT2D eigenvalue weighted by Crippen LogP contribution is 1.97. The van der Waals surface area contributed by atoms with Gasteiger partial charge < -0.3 is 10.3 Å². The first-order valence-corrected chi connectivity index (χ1v) is 2.15. The lowest BCUT2D eigenvalue weighted by Gasteiger charge is -2.14. The Morgan fingerprint density at radius 3 is 2.00 bits per heavy atom. The molecule has 3 N–H and O–H groups in total. The maximum Gasteiger partial charge on any atom is 0.325 e. The number of rotatable bonds is 2. The van der Waals surface area contributed by atoms with E-state index in [9.17, 15) is 4.79 Å². The van der Waals surface area contributed by atoms with Gasteiger partial charge in [0.2, 0.25) is 0 Å². The summed E-state index contributed by atoms with van der Waals surface area (Å²) in [5.41, 5.74) is 0.405. The van der Waals surface area contributed by atoms with E-state index in [1.54, 1.807) is 5.48 Å². The molecule has 0 aliphatic heterocycles. The van der Waals surface area contributed by atoms with Gasteiger partial charge in [0.05, 0.1) is 0 Å². The van der Waals surface area contributed by atoms with Crippen LogP contribution in [0.5, 0.6) is 0 Å². The van der Waals surface area contributed by atoms with E-state index >= 15 is 0 Å². The molecular formula is C4H9NO3. The summed E-state index contributed by atoms with van der Waals surface area (Å²) >= 11 is 0. The SMILES string of the molecule is CC(C)(NO)C(=O)O. The van der Waals surface area contributed by atoms with Crippen molar-refractivity contribution in [3.63, 3.8) is 0 Å². The molecule has 0 atom stereocenters. The zero-order valence-corrected chi connectivity index (χ0v) is 4.80. The maximum atomic E-state index is 10.0. The molecule has 8 heavy (non-hydrogen) atoms. The minimum atomic E-state index is -1.24. The Morgan fingerprint density at radius 2 is 2.00 bits per heavy atom. The van der Waals surface area contributed by atoms with Crippen LogP contribution < -0.4 is 5.48 Å². The summed E-state index contributed by atoms with van der Waals surface area (Å²) in [4.78, 5) is 10.0. The van der Waals surface area contributed by atoms with Crippen molar-refractivity contribution < 1.29 is 15.1 Å². The van der Waals surface area contributed by atoms with Crippen molar-refractivity contribution >= 4 is 5.97 Å². The van der Waals surface area contributed by atoms with Gasteiger partial charge in [0.1, 0.15) is 5.54 Å². The molecule has 0 aliphatic carbocycles. The summed E-state index contributed by atoms with van der Waals surface area (Å²) in [6.07, 6.45) is 0. The first kappa shape index (κ1) is 7.39. The van der Waals surface area contributed by atoms with Gasteiger partial charge in [-0.25, -0.2) is 0 Å². The maximum absolute atomic E-state index is 10.0. The molecule has 0 spiro atoms. The summed E-state index contributed by atoms with van der Waals surface area (Å²) in [6, 6.07) is 0. The highest BCUT2D eigenvalue weighted by molar-refractivity contribution is 5.77. The summed E-state index contributed by atoms with van der Waals surface area (Å²) in [7, 11) is 0. The van der Waals surface area contributed by atoms with Crippen LogP contribution in [0.15, 0.2) is 0 Å². The minimum Gasteiger partial charge on any atom is -0.480 e. The molecule has 0 bridgehead atoms. The molecule has 0 unspecified atom stereocenters. The molecule has 0 heterocycles. The van der Waals surface area contributed by atoms with Crippen molar-refractivity contribution in [2.24, 2.45) is 0 Å². The highest BCUT2D eigenvalue weighted by Gasteiger charge is 2.25. The second-order valence-corrected chi connectivity index (χ2v) is 2.04. The molecule has 0 saturated heterocycles. The Morgan fingerprint density at radius 1 is 1.62 bits per heavy atom. The van der Waals surface area contributed by atoms with Gasteiger partial charge in [0, 0.05) is 0 Å². The molecule has 0 aromatic heterocycles. The molecule has 0 amide bonds. The highest BCUT2D eigenvalue weighted by atomic mass is 16.5. The molecule has 0 fully saturated rings. The van der Waals surface area contributed by atoms with Crippen LogP contribution in [-0.2, 0) is 4.79 Å². The van der Waals surface area contributed by atoms with E-state index < -0.39 is 11.5 Å². The fraction of sp³-hybridized carbons (Fsp3) is 0.750. The van der Waals surface area contributed by atoms with E-state index in [2.05, 4.69) is 0 Å². The zero-order chi connectivity index (χ0) is 6.78. The minimum absolute atomic E-state index is 1.08. The van der Waals surface area contributed by atoms with Gasteiger partial charge in [-0.15, -0.1) is 0 Å². The Bertz CT molecular complexity index is 99.5. The number of nitrogens with one attached hydrogen (secondary N) is 1. The first-order valence-electron chi connectivity index (χ1n) is 2.15. The third kappa shape index (κ3) is 1.48. The van der Waals surface area contributed by atoms with E-state index in [-0.39, 0.29) is 0 Å². The quantitative estimate of drug-likeness (QED) is 0.441. The Labute approximate surface area is 47.1 Å². The van der Waals surface area contributed by atoms with Crippen LogP contribution in [0, 0.1) is 0 Å². The zero-order valence-electron chi connectivity index (χ0n) is 4.80. The monoisotopic (exact) mass is 119 g/mol. The van der Waals surface area contributed by atoms with Crippen LogP contribution in [0.3, 0.4) is 0 Å². The third-order valence-corrected chi connectivity index (χ3v) is 0.814. The van der Waals surface area contributed by atoms with Crippen molar-refractivity contribution in [2.45, 2.75) is 19.4 Å². The molecule has 4 heteroatoms. The lowest BCUT2D eigenvalue weighted by atomic mass is 10.1. The lowest BCUT2D eigenvalue weighted by Crippen LogP contribution is -2.44. The normalized spacial score (nSPS) is 11.4. The average Bonchev–Trinajstić information content (AvgIpc) is 1.67. The molecule has 0 rings (SSSR count).